The molecule has 214 valence electrons. The van der Waals surface area contributed by atoms with E-state index in [9.17, 15) is 14.9 Å². The number of likely N-dealkylation sites (tertiary alicyclic amines) is 1. The van der Waals surface area contributed by atoms with E-state index in [1.807, 2.05) is 64.0 Å². The third-order valence-electron chi connectivity index (χ3n) is 8.84. The van der Waals surface area contributed by atoms with Crippen LogP contribution in [0.1, 0.15) is 24.0 Å². The van der Waals surface area contributed by atoms with Crippen molar-refractivity contribution in [3.8, 4) is 28.6 Å². The number of pyridine rings is 1. The largest absolute Gasteiger partial charge is 0.345 e. The van der Waals surface area contributed by atoms with Gasteiger partial charge in [-0.1, -0.05) is 6.07 Å². The van der Waals surface area contributed by atoms with E-state index < -0.39 is 0 Å². The zero-order valence-electron chi connectivity index (χ0n) is 23.8. The Kier molecular flexibility index (Phi) is 6.35. The van der Waals surface area contributed by atoms with Crippen LogP contribution in [-0.2, 0) is 13.1 Å². The molecule has 0 radical (unpaired) electrons. The van der Waals surface area contributed by atoms with Crippen LogP contribution in [0.15, 0.2) is 53.7 Å². The molecule has 1 saturated heterocycles. The highest BCUT2D eigenvalue weighted by molar-refractivity contribution is 6.01. The van der Waals surface area contributed by atoms with Gasteiger partial charge in [0, 0.05) is 56.6 Å². The van der Waals surface area contributed by atoms with Crippen molar-refractivity contribution in [2.24, 2.45) is 5.92 Å². The maximum absolute atomic E-state index is 13.6. The van der Waals surface area contributed by atoms with Crippen molar-refractivity contribution >= 4 is 22.6 Å². The van der Waals surface area contributed by atoms with Crippen LogP contribution in [0, 0.1) is 17.2 Å². The van der Waals surface area contributed by atoms with E-state index >= 15 is 0 Å². The van der Waals surface area contributed by atoms with Gasteiger partial charge in [-0.3, -0.25) is 19.4 Å². The Morgan fingerprint density at radius 2 is 2.00 bits per heavy atom. The Bertz CT molecular complexity index is 1910. The third-order valence-corrected chi connectivity index (χ3v) is 8.84. The van der Waals surface area contributed by atoms with Crippen LogP contribution in [0.5, 0.6) is 0 Å². The molecule has 0 atom stereocenters. The zero-order valence-corrected chi connectivity index (χ0v) is 23.8. The second kappa shape index (κ2) is 10.2. The first-order valence-electron chi connectivity index (χ1n) is 14.4. The fourth-order valence-electron chi connectivity index (χ4n) is 6.64. The summed E-state index contributed by atoms with van der Waals surface area (Å²) in [5.74, 6) is 0.512. The van der Waals surface area contributed by atoms with E-state index in [1.165, 1.54) is 0 Å². The molecule has 2 aliphatic heterocycles. The molecule has 1 fully saturated rings. The molecule has 6 heterocycles. The van der Waals surface area contributed by atoms with Crippen molar-refractivity contribution in [3.05, 3.63) is 70.4 Å². The molecule has 1 aromatic carbocycles. The number of amides is 2. The summed E-state index contributed by atoms with van der Waals surface area (Å²) in [4.78, 5) is 37.3. The van der Waals surface area contributed by atoms with Crippen LogP contribution in [0.25, 0.3) is 39.1 Å². The summed E-state index contributed by atoms with van der Waals surface area (Å²) in [6.45, 7) is 4.44. The number of aromatic amines is 2. The summed E-state index contributed by atoms with van der Waals surface area (Å²) >= 11 is 0. The molecule has 0 bridgehead atoms. The van der Waals surface area contributed by atoms with Crippen LogP contribution in [0.3, 0.4) is 0 Å². The van der Waals surface area contributed by atoms with E-state index in [4.69, 9.17) is 0 Å². The van der Waals surface area contributed by atoms with E-state index in [-0.39, 0.29) is 11.6 Å². The van der Waals surface area contributed by atoms with Crippen LogP contribution < -0.4 is 5.56 Å². The summed E-state index contributed by atoms with van der Waals surface area (Å²) < 4.78 is 4.04. The maximum atomic E-state index is 13.6. The summed E-state index contributed by atoms with van der Waals surface area (Å²) in [5, 5.41) is 16.7. The van der Waals surface area contributed by atoms with Gasteiger partial charge in [0.05, 0.1) is 40.3 Å². The molecule has 4 aromatic heterocycles. The van der Waals surface area contributed by atoms with Gasteiger partial charge < -0.3 is 19.3 Å². The molecule has 42 heavy (non-hydrogen) atoms. The average molecular weight is 564 g/mol. The van der Waals surface area contributed by atoms with Crippen molar-refractivity contribution < 1.29 is 4.79 Å². The molecule has 11 heteroatoms. The van der Waals surface area contributed by atoms with Crippen molar-refractivity contribution in [1.82, 2.24) is 38.8 Å². The molecule has 0 aliphatic carbocycles. The number of piperidine rings is 1. The van der Waals surface area contributed by atoms with Gasteiger partial charge in [-0.2, -0.15) is 5.26 Å². The number of benzene rings is 1. The lowest BCUT2D eigenvalue weighted by molar-refractivity contribution is 0.138. The number of nitriles is 1. The zero-order chi connectivity index (χ0) is 29.0. The molecule has 2 amide bonds. The van der Waals surface area contributed by atoms with Crippen LogP contribution >= 0.6 is 0 Å². The Balaban J connectivity index is 1.25. The topological polar surface area (TPSA) is 121 Å². The minimum Gasteiger partial charge on any atom is -0.345 e. The lowest BCUT2D eigenvalue weighted by Gasteiger charge is -2.33. The third kappa shape index (κ3) is 4.35. The Hall–Kier alpha value is -4.82. The molecule has 0 saturated carbocycles. The van der Waals surface area contributed by atoms with Gasteiger partial charge in [0.15, 0.2) is 0 Å². The number of fused-ring (bicyclic) bond motifs is 1. The number of carbonyl (C=O) groups is 1. The molecule has 2 N–H and O–H groups in total. The van der Waals surface area contributed by atoms with Crippen molar-refractivity contribution in [2.45, 2.75) is 25.9 Å². The average Bonchev–Trinajstić information content (AvgIpc) is 3.66. The van der Waals surface area contributed by atoms with Crippen molar-refractivity contribution in [3.63, 3.8) is 0 Å². The minimum atomic E-state index is -0.246. The normalized spacial score (nSPS) is 16.2. The van der Waals surface area contributed by atoms with Gasteiger partial charge >= 0.3 is 6.03 Å². The number of hydrogen-bond acceptors (Lipinski definition) is 5. The van der Waals surface area contributed by atoms with Crippen LogP contribution in [-0.4, -0.2) is 85.2 Å². The molecule has 5 aromatic rings. The number of nitrogens with zero attached hydrogens (tertiary/aromatic N) is 7. The van der Waals surface area contributed by atoms with E-state index in [1.54, 1.807) is 6.20 Å². The van der Waals surface area contributed by atoms with Gasteiger partial charge in [0.25, 0.3) is 5.56 Å². The van der Waals surface area contributed by atoms with E-state index in [0.717, 1.165) is 60.2 Å². The summed E-state index contributed by atoms with van der Waals surface area (Å²) in [6.07, 6.45) is 7.82. The van der Waals surface area contributed by atoms with Gasteiger partial charge in [-0.15, -0.1) is 0 Å². The molecule has 0 unspecified atom stereocenters. The molecule has 0 spiro atoms. The highest BCUT2D eigenvalue weighted by Gasteiger charge is 2.28. The quantitative estimate of drug-likeness (QED) is 0.345. The number of carbonyl (C=O) groups excluding carboxylic acids is 1. The lowest BCUT2D eigenvalue weighted by atomic mass is 9.97. The van der Waals surface area contributed by atoms with Crippen LogP contribution in [0.4, 0.5) is 4.79 Å². The van der Waals surface area contributed by atoms with Crippen molar-refractivity contribution in [2.75, 3.05) is 40.3 Å². The van der Waals surface area contributed by atoms with Crippen LogP contribution in [0.2, 0.25) is 0 Å². The fourth-order valence-corrected chi connectivity index (χ4v) is 6.64. The number of imidazole rings is 1. The lowest BCUT2D eigenvalue weighted by Crippen LogP contribution is -2.44. The molecular formula is C31H33N9O2. The maximum Gasteiger partial charge on any atom is 0.320 e. The van der Waals surface area contributed by atoms with Gasteiger partial charge in [0.2, 0.25) is 0 Å². The molecule has 2 aliphatic rings. The Morgan fingerprint density at radius 1 is 1.17 bits per heavy atom. The van der Waals surface area contributed by atoms with E-state index in [0.29, 0.717) is 48.1 Å². The van der Waals surface area contributed by atoms with Gasteiger partial charge in [-0.05, 0) is 68.7 Å². The number of rotatable bonds is 4. The smallest absolute Gasteiger partial charge is 0.320 e. The second-order valence-corrected chi connectivity index (χ2v) is 11.6. The monoisotopic (exact) mass is 563 g/mol. The molecule has 7 rings (SSSR count). The standard InChI is InChI=1S/C31H33N9O2/c1-36-9-6-20(7-10-36)17-37(2)31(42)39-12-11-38-19-24(23-14-21(15-32)13-22(18-39)29(23)38)28-27(30(41)35-34-28)25-16-33-26-5-3-4-8-40(25)26/h3-5,8,13-14,16,19-20H,6-7,9-12,17-18H2,1-2H3,(H2,34,35,41). The van der Waals surface area contributed by atoms with E-state index in [2.05, 4.69) is 37.8 Å². The summed E-state index contributed by atoms with van der Waals surface area (Å²) in [5.41, 5.74) is 5.54. The summed E-state index contributed by atoms with van der Waals surface area (Å²) in [7, 11) is 4.04. The number of H-pyrrole nitrogens is 2. The second-order valence-electron chi connectivity index (χ2n) is 11.6. The highest BCUT2D eigenvalue weighted by atomic mass is 16.2. The first-order chi connectivity index (χ1) is 20.4. The minimum absolute atomic E-state index is 0.0141. The number of hydrogen-bond donors (Lipinski definition) is 2. The SMILES string of the molecule is CN1CCC(CN(C)C(=O)N2CCn3cc(-c4[nH][nH]c(=O)c4-c4cnc5ccccn45)c4cc(C#N)cc(c43)C2)CC1. The predicted octanol–water partition coefficient (Wildman–Crippen LogP) is 3.72. The number of aromatic nitrogens is 5. The van der Waals surface area contributed by atoms with Crippen molar-refractivity contribution in [1.29, 1.82) is 5.26 Å². The Morgan fingerprint density at radius 3 is 2.81 bits per heavy atom. The first-order valence-corrected chi connectivity index (χ1v) is 14.4. The van der Waals surface area contributed by atoms with Gasteiger partial charge in [-0.25, -0.2) is 9.78 Å². The predicted molar refractivity (Wildman–Crippen MR) is 160 cm³/mol. The first kappa shape index (κ1) is 26.1. The fraction of sp³-hybridized carbons (Fsp3) is 0.355. The number of nitrogens with one attached hydrogen (secondary N) is 2. The Labute approximate surface area is 242 Å². The molecular weight excluding hydrogens is 530 g/mol. The number of urea groups is 1. The van der Waals surface area contributed by atoms with Gasteiger partial charge in [0.1, 0.15) is 5.65 Å². The summed E-state index contributed by atoms with van der Waals surface area (Å²) in [6, 6.07) is 11.8. The molecule has 11 nitrogen and oxygen atoms in total. The highest BCUT2D eigenvalue weighted by Crippen LogP contribution is 2.38.